The van der Waals surface area contributed by atoms with Crippen molar-refractivity contribution in [3.63, 3.8) is 0 Å². The number of hydrogen-bond acceptors (Lipinski definition) is 5. The zero-order valence-corrected chi connectivity index (χ0v) is 19.5. The molecule has 2 N–H and O–H groups in total. The van der Waals surface area contributed by atoms with E-state index in [9.17, 15) is 18.0 Å². The lowest BCUT2D eigenvalue weighted by Gasteiger charge is -2.20. The number of carbonyl (C=O) groups excluding carboxylic acids is 2. The minimum atomic E-state index is -3.57. The maximum Gasteiger partial charge on any atom is 0.321 e. The van der Waals surface area contributed by atoms with Crippen LogP contribution >= 0.6 is 0 Å². The zero-order chi connectivity index (χ0) is 24.0. The molecule has 0 spiro atoms. The molecule has 3 aromatic rings. The molecule has 178 valence electrons. The Morgan fingerprint density at radius 3 is 2.06 bits per heavy atom. The van der Waals surface area contributed by atoms with E-state index in [0.29, 0.717) is 11.4 Å². The van der Waals surface area contributed by atoms with Gasteiger partial charge in [0, 0.05) is 24.5 Å². The highest BCUT2D eigenvalue weighted by atomic mass is 32.2. The van der Waals surface area contributed by atoms with Crippen molar-refractivity contribution in [2.45, 2.75) is 36.3 Å². The lowest BCUT2D eigenvalue weighted by atomic mass is 10.2. The van der Waals surface area contributed by atoms with E-state index in [1.54, 1.807) is 42.5 Å². The van der Waals surface area contributed by atoms with E-state index in [0.717, 1.165) is 38.8 Å². The topological polar surface area (TPSA) is 109 Å². The number of anilines is 2. The lowest BCUT2D eigenvalue weighted by Crippen LogP contribution is -2.35. The normalized spacial score (nSPS) is 14.3. The van der Waals surface area contributed by atoms with Crippen LogP contribution in [0.2, 0.25) is 0 Å². The van der Waals surface area contributed by atoms with E-state index >= 15 is 0 Å². The van der Waals surface area contributed by atoms with Crippen LogP contribution in [-0.2, 0) is 15.6 Å². The Kier molecular flexibility index (Phi) is 7.32. The molecule has 4 rings (SSSR count). The summed E-state index contributed by atoms with van der Waals surface area (Å²) in [4.78, 5) is 27.0. The fourth-order valence-electron chi connectivity index (χ4n) is 3.78. The summed E-state index contributed by atoms with van der Waals surface area (Å²) >= 11 is 0. The van der Waals surface area contributed by atoms with Gasteiger partial charge in [0.1, 0.15) is 11.5 Å². The van der Waals surface area contributed by atoms with Crippen LogP contribution in [0.1, 0.15) is 42.0 Å². The number of nitrogens with zero attached hydrogens (tertiary/aromatic N) is 1. The standard InChI is InChI=1S/C25H27N3O5S/c29-24(23-15-14-21(33-23)18-34(31,32)22-8-4-3-5-9-22)26-19-10-12-20(13-11-19)27-25(30)28-16-6-1-2-7-17-28/h3-5,8-15H,1-2,6-7,16-18H2,(H,26,29)(H,27,30). The van der Waals surface area contributed by atoms with E-state index in [2.05, 4.69) is 10.6 Å². The molecule has 1 aromatic heterocycles. The summed E-state index contributed by atoms with van der Waals surface area (Å²) in [6.07, 6.45) is 4.34. The molecule has 8 nitrogen and oxygen atoms in total. The van der Waals surface area contributed by atoms with Gasteiger partial charge in [-0.25, -0.2) is 13.2 Å². The number of benzene rings is 2. The molecule has 1 aliphatic heterocycles. The first-order valence-electron chi connectivity index (χ1n) is 11.2. The number of likely N-dealkylation sites (tertiary alicyclic amines) is 1. The second-order valence-corrected chi connectivity index (χ2v) is 10.2. The molecule has 0 saturated carbocycles. The third-order valence-corrected chi connectivity index (χ3v) is 7.26. The summed E-state index contributed by atoms with van der Waals surface area (Å²) in [5.41, 5.74) is 1.16. The number of furan rings is 1. The Morgan fingerprint density at radius 2 is 1.41 bits per heavy atom. The lowest BCUT2D eigenvalue weighted by molar-refractivity contribution is 0.0995. The van der Waals surface area contributed by atoms with Crippen LogP contribution in [0.4, 0.5) is 16.2 Å². The number of sulfone groups is 1. The molecule has 34 heavy (non-hydrogen) atoms. The molecule has 9 heteroatoms. The van der Waals surface area contributed by atoms with Gasteiger partial charge in [-0.15, -0.1) is 0 Å². The minimum Gasteiger partial charge on any atom is -0.455 e. The SMILES string of the molecule is O=C(Nc1ccc(NC(=O)N2CCCCCC2)cc1)c1ccc(CS(=O)(=O)c2ccccc2)o1. The number of carbonyl (C=O) groups is 2. The van der Waals surface area contributed by atoms with Crippen molar-refractivity contribution in [2.24, 2.45) is 0 Å². The minimum absolute atomic E-state index is 0.0109. The predicted molar refractivity (Wildman–Crippen MR) is 129 cm³/mol. The van der Waals surface area contributed by atoms with Gasteiger partial charge < -0.3 is 20.0 Å². The smallest absolute Gasteiger partial charge is 0.321 e. The monoisotopic (exact) mass is 481 g/mol. The molecule has 0 unspecified atom stereocenters. The number of amides is 3. The molecular weight excluding hydrogens is 454 g/mol. The first-order chi connectivity index (χ1) is 16.4. The summed E-state index contributed by atoms with van der Waals surface area (Å²) < 4.78 is 30.5. The van der Waals surface area contributed by atoms with Crippen molar-refractivity contribution in [3.8, 4) is 0 Å². The molecule has 0 aliphatic carbocycles. The molecule has 0 radical (unpaired) electrons. The highest BCUT2D eigenvalue weighted by Gasteiger charge is 2.19. The molecule has 1 aliphatic rings. The van der Waals surface area contributed by atoms with Gasteiger partial charge >= 0.3 is 6.03 Å². The molecule has 1 fully saturated rings. The van der Waals surface area contributed by atoms with Crippen molar-refractivity contribution >= 4 is 33.2 Å². The maximum atomic E-state index is 12.5. The fourth-order valence-corrected chi connectivity index (χ4v) is 5.05. The molecule has 1 saturated heterocycles. The number of rotatable bonds is 6. The van der Waals surface area contributed by atoms with E-state index in [-0.39, 0.29) is 28.2 Å². The highest BCUT2D eigenvalue weighted by molar-refractivity contribution is 7.90. The quantitative estimate of drug-likeness (QED) is 0.520. The highest BCUT2D eigenvalue weighted by Crippen LogP contribution is 2.20. The summed E-state index contributed by atoms with van der Waals surface area (Å²) in [5, 5.41) is 5.60. The van der Waals surface area contributed by atoms with Crippen molar-refractivity contribution < 1.29 is 22.4 Å². The summed E-state index contributed by atoms with van der Waals surface area (Å²) in [5.74, 6) is -0.641. The average molecular weight is 482 g/mol. The number of urea groups is 1. The first-order valence-corrected chi connectivity index (χ1v) is 12.9. The Bertz CT molecular complexity index is 1230. The van der Waals surface area contributed by atoms with E-state index in [1.807, 2.05) is 4.90 Å². The summed E-state index contributed by atoms with van der Waals surface area (Å²) in [7, 11) is -3.57. The maximum absolute atomic E-state index is 12.5. The third kappa shape index (κ3) is 6.05. The van der Waals surface area contributed by atoms with Gasteiger partial charge in [-0.3, -0.25) is 4.79 Å². The van der Waals surface area contributed by atoms with E-state index in [1.165, 1.54) is 24.3 Å². The fraction of sp³-hybridized carbons (Fsp3) is 0.280. The molecule has 2 aromatic carbocycles. The Labute approximate surface area is 198 Å². The summed E-state index contributed by atoms with van der Waals surface area (Å²) in [6, 6.07) is 17.7. The van der Waals surface area contributed by atoms with Gasteiger partial charge in [0.2, 0.25) is 0 Å². The molecule has 0 bridgehead atoms. The van der Waals surface area contributed by atoms with Gasteiger partial charge in [0.05, 0.1) is 4.90 Å². The average Bonchev–Trinajstić information content (AvgIpc) is 3.12. The summed E-state index contributed by atoms with van der Waals surface area (Å²) in [6.45, 7) is 1.52. The molecular formula is C25H27N3O5S. The Hall–Kier alpha value is -3.59. The van der Waals surface area contributed by atoms with Crippen molar-refractivity contribution in [1.29, 1.82) is 0 Å². The van der Waals surface area contributed by atoms with Crippen LogP contribution in [0.5, 0.6) is 0 Å². The first kappa shape index (κ1) is 23.6. The van der Waals surface area contributed by atoms with Crippen molar-refractivity contribution in [1.82, 2.24) is 4.90 Å². The van der Waals surface area contributed by atoms with Crippen LogP contribution in [0.15, 0.2) is 76.0 Å². The van der Waals surface area contributed by atoms with E-state index < -0.39 is 15.7 Å². The van der Waals surface area contributed by atoms with Gasteiger partial charge in [-0.1, -0.05) is 31.0 Å². The second kappa shape index (κ2) is 10.6. The van der Waals surface area contributed by atoms with Gasteiger partial charge in [-0.2, -0.15) is 0 Å². The van der Waals surface area contributed by atoms with Crippen LogP contribution in [0.25, 0.3) is 0 Å². The Morgan fingerprint density at radius 1 is 0.794 bits per heavy atom. The van der Waals surface area contributed by atoms with Gasteiger partial charge in [0.15, 0.2) is 15.6 Å². The largest absolute Gasteiger partial charge is 0.455 e. The van der Waals surface area contributed by atoms with Crippen LogP contribution in [0.3, 0.4) is 0 Å². The van der Waals surface area contributed by atoms with E-state index in [4.69, 9.17) is 4.42 Å². The molecule has 0 atom stereocenters. The molecule has 3 amide bonds. The van der Waals surface area contributed by atoms with Crippen LogP contribution in [0, 0.1) is 0 Å². The molecule has 2 heterocycles. The second-order valence-electron chi connectivity index (χ2n) is 8.20. The number of hydrogen-bond donors (Lipinski definition) is 2. The third-order valence-electron chi connectivity index (χ3n) is 5.61. The van der Waals surface area contributed by atoms with Crippen molar-refractivity contribution in [2.75, 3.05) is 23.7 Å². The Balaban J connectivity index is 1.33. The van der Waals surface area contributed by atoms with Crippen LogP contribution < -0.4 is 10.6 Å². The zero-order valence-electron chi connectivity index (χ0n) is 18.7. The van der Waals surface area contributed by atoms with Crippen molar-refractivity contribution in [3.05, 3.63) is 78.3 Å². The van der Waals surface area contributed by atoms with Crippen LogP contribution in [-0.4, -0.2) is 38.3 Å². The predicted octanol–water partition coefficient (Wildman–Crippen LogP) is 4.91. The van der Waals surface area contributed by atoms with Gasteiger partial charge in [-0.05, 0) is 61.4 Å². The van der Waals surface area contributed by atoms with Gasteiger partial charge in [0.25, 0.3) is 5.91 Å². The number of nitrogens with one attached hydrogen (secondary N) is 2.